The van der Waals surface area contributed by atoms with Gasteiger partial charge in [0, 0.05) is 6.07 Å². The van der Waals surface area contributed by atoms with Gasteiger partial charge >= 0.3 is 0 Å². The number of nitrogens with zero attached hydrogens (tertiary/aromatic N) is 1. The standard InChI is InChI=1S/C20H24ClN3O5/c1-27-17-10-18(28-2)15(9-14(17)21)23-19(25)12-24-7-3-6-16(24)20(26)22-11-13-5-4-8-29-13/h4-5,8-10,16H,3,6-7,11-12H2,1-2H3,(H,22,26)(H,23,25)/t16-/m0/s1. The first-order chi connectivity index (χ1) is 14.0. The zero-order valence-electron chi connectivity index (χ0n) is 16.4. The lowest BCUT2D eigenvalue weighted by Crippen LogP contribution is -2.45. The van der Waals surface area contributed by atoms with Crippen LogP contribution >= 0.6 is 11.6 Å². The van der Waals surface area contributed by atoms with E-state index in [9.17, 15) is 9.59 Å². The first-order valence-electron chi connectivity index (χ1n) is 9.27. The van der Waals surface area contributed by atoms with Crippen molar-refractivity contribution < 1.29 is 23.5 Å². The second-order valence-electron chi connectivity index (χ2n) is 6.66. The number of rotatable bonds is 8. The molecule has 8 nitrogen and oxygen atoms in total. The van der Waals surface area contributed by atoms with E-state index >= 15 is 0 Å². The van der Waals surface area contributed by atoms with E-state index in [1.807, 2.05) is 4.90 Å². The smallest absolute Gasteiger partial charge is 0.238 e. The number of ether oxygens (including phenoxy) is 2. The molecule has 2 amide bonds. The van der Waals surface area contributed by atoms with Crippen LogP contribution in [-0.2, 0) is 16.1 Å². The Morgan fingerprint density at radius 1 is 1.28 bits per heavy atom. The molecule has 1 aliphatic rings. The number of carbonyl (C=O) groups is 2. The summed E-state index contributed by atoms with van der Waals surface area (Å²) in [5, 5.41) is 6.02. The van der Waals surface area contributed by atoms with E-state index in [-0.39, 0.29) is 24.4 Å². The highest BCUT2D eigenvalue weighted by atomic mass is 35.5. The van der Waals surface area contributed by atoms with E-state index < -0.39 is 0 Å². The minimum atomic E-state index is -0.350. The van der Waals surface area contributed by atoms with Gasteiger partial charge in [-0.2, -0.15) is 0 Å². The van der Waals surface area contributed by atoms with E-state index in [0.29, 0.717) is 47.5 Å². The Bertz CT molecular complexity index is 856. The zero-order valence-corrected chi connectivity index (χ0v) is 17.1. The van der Waals surface area contributed by atoms with Crippen molar-refractivity contribution in [2.75, 3.05) is 32.6 Å². The van der Waals surface area contributed by atoms with Crippen molar-refractivity contribution >= 4 is 29.1 Å². The van der Waals surface area contributed by atoms with Gasteiger partial charge in [0.05, 0.1) is 50.3 Å². The van der Waals surface area contributed by atoms with E-state index in [2.05, 4.69) is 10.6 Å². The van der Waals surface area contributed by atoms with Gasteiger partial charge in [-0.3, -0.25) is 14.5 Å². The van der Waals surface area contributed by atoms with Crippen LogP contribution in [0.4, 0.5) is 5.69 Å². The largest absolute Gasteiger partial charge is 0.495 e. The molecule has 0 bridgehead atoms. The topological polar surface area (TPSA) is 93.0 Å². The van der Waals surface area contributed by atoms with Gasteiger partial charge in [-0.05, 0) is 37.6 Å². The Labute approximate surface area is 174 Å². The van der Waals surface area contributed by atoms with Crippen LogP contribution in [0.15, 0.2) is 34.9 Å². The zero-order chi connectivity index (χ0) is 20.8. The van der Waals surface area contributed by atoms with Crippen LogP contribution < -0.4 is 20.1 Å². The van der Waals surface area contributed by atoms with Crippen LogP contribution in [0.1, 0.15) is 18.6 Å². The van der Waals surface area contributed by atoms with E-state index in [0.717, 1.165) is 6.42 Å². The number of likely N-dealkylation sites (tertiary alicyclic amines) is 1. The Kier molecular flexibility index (Phi) is 7.00. The predicted molar refractivity (Wildman–Crippen MR) is 108 cm³/mol. The minimum Gasteiger partial charge on any atom is -0.495 e. The molecule has 1 aromatic carbocycles. The molecule has 1 aromatic heterocycles. The molecule has 1 saturated heterocycles. The lowest BCUT2D eigenvalue weighted by atomic mass is 10.2. The van der Waals surface area contributed by atoms with E-state index in [4.69, 9.17) is 25.5 Å². The molecule has 3 rings (SSSR count). The summed E-state index contributed by atoms with van der Waals surface area (Å²) in [7, 11) is 3.00. The maximum atomic E-state index is 12.6. The molecule has 1 aliphatic heterocycles. The van der Waals surface area contributed by atoms with Gasteiger partial charge in [0.15, 0.2) is 0 Å². The summed E-state index contributed by atoms with van der Waals surface area (Å²) in [6.45, 7) is 1.09. The highest BCUT2D eigenvalue weighted by Gasteiger charge is 2.32. The molecule has 1 fully saturated rings. The second kappa shape index (κ2) is 9.67. The molecule has 0 unspecified atom stereocenters. The second-order valence-corrected chi connectivity index (χ2v) is 7.07. The Morgan fingerprint density at radius 2 is 2.07 bits per heavy atom. The summed E-state index contributed by atoms with van der Waals surface area (Å²) in [6.07, 6.45) is 3.12. The van der Waals surface area contributed by atoms with Crippen molar-refractivity contribution in [3.05, 3.63) is 41.3 Å². The summed E-state index contributed by atoms with van der Waals surface area (Å²) in [5.74, 6) is 1.21. The average molecular weight is 422 g/mol. The van der Waals surface area contributed by atoms with Gasteiger partial charge in [-0.25, -0.2) is 0 Å². The number of hydrogen-bond acceptors (Lipinski definition) is 6. The monoisotopic (exact) mass is 421 g/mol. The average Bonchev–Trinajstić information content (AvgIpc) is 3.38. The molecular weight excluding hydrogens is 398 g/mol. The molecule has 9 heteroatoms. The molecule has 0 spiro atoms. The number of methoxy groups -OCH3 is 2. The van der Waals surface area contributed by atoms with Gasteiger partial charge in [0.2, 0.25) is 11.8 Å². The number of hydrogen-bond donors (Lipinski definition) is 2. The lowest BCUT2D eigenvalue weighted by molar-refractivity contribution is -0.126. The Hall–Kier alpha value is -2.71. The van der Waals surface area contributed by atoms with Gasteiger partial charge in [0.1, 0.15) is 17.3 Å². The van der Waals surface area contributed by atoms with Crippen LogP contribution in [0.2, 0.25) is 5.02 Å². The van der Waals surface area contributed by atoms with Gasteiger partial charge in [0.25, 0.3) is 0 Å². The van der Waals surface area contributed by atoms with Crippen molar-refractivity contribution in [2.45, 2.75) is 25.4 Å². The van der Waals surface area contributed by atoms with Crippen LogP contribution in [0.25, 0.3) is 0 Å². The summed E-state index contributed by atoms with van der Waals surface area (Å²) in [5.41, 5.74) is 0.446. The van der Waals surface area contributed by atoms with E-state index in [1.54, 1.807) is 30.5 Å². The third-order valence-electron chi connectivity index (χ3n) is 4.78. The van der Waals surface area contributed by atoms with Crippen molar-refractivity contribution in [3.63, 3.8) is 0 Å². The predicted octanol–water partition coefficient (Wildman–Crippen LogP) is 2.67. The molecule has 0 saturated carbocycles. The molecule has 0 radical (unpaired) electrons. The number of halogens is 1. The van der Waals surface area contributed by atoms with Gasteiger partial charge in [-0.15, -0.1) is 0 Å². The quantitative estimate of drug-likeness (QED) is 0.680. The molecule has 2 aromatic rings. The molecular formula is C20H24ClN3O5. The third-order valence-corrected chi connectivity index (χ3v) is 5.07. The van der Waals surface area contributed by atoms with Crippen LogP contribution in [0.5, 0.6) is 11.5 Å². The molecule has 0 aliphatic carbocycles. The highest BCUT2D eigenvalue weighted by molar-refractivity contribution is 6.32. The van der Waals surface area contributed by atoms with Crippen molar-refractivity contribution in [3.8, 4) is 11.5 Å². The first kappa shape index (κ1) is 21.0. The number of furan rings is 1. The lowest BCUT2D eigenvalue weighted by Gasteiger charge is -2.23. The Balaban J connectivity index is 1.59. The molecule has 2 N–H and O–H groups in total. The highest BCUT2D eigenvalue weighted by Crippen LogP contribution is 2.35. The Morgan fingerprint density at radius 3 is 2.76 bits per heavy atom. The molecule has 2 heterocycles. The molecule has 156 valence electrons. The summed E-state index contributed by atoms with van der Waals surface area (Å²) in [4.78, 5) is 27.0. The van der Waals surface area contributed by atoms with Crippen LogP contribution in [0.3, 0.4) is 0 Å². The first-order valence-corrected chi connectivity index (χ1v) is 9.65. The maximum Gasteiger partial charge on any atom is 0.238 e. The van der Waals surface area contributed by atoms with E-state index in [1.165, 1.54) is 14.2 Å². The minimum absolute atomic E-state index is 0.0889. The summed E-state index contributed by atoms with van der Waals surface area (Å²) < 4.78 is 15.7. The SMILES string of the molecule is COc1cc(OC)c(NC(=O)CN2CCC[C@H]2C(=O)NCc2ccco2)cc1Cl. The van der Waals surface area contributed by atoms with Gasteiger partial charge < -0.3 is 24.5 Å². The summed E-state index contributed by atoms with van der Waals surface area (Å²) in [6, 6.07) is 6.41. The normalized spacial score (nSPS) is 16.4. The van der Waals surface area contributed by atoms with Crippen molar-refractivity contribution in [1.82, 2.24) is 10.2 Å². The number of benzene rings is 1. The van der Waals surface area contributed by atoms with Gasteiger partial charge in [-0.1, -0.05) is 11.6 Å². The third kappa shape index (κ3) is 5.21. The fourth-order valence-electron chi connectivity index (χ4n) is 3.35. The summed E-state index contributed by atoms with van der Waals surface area (Å²) >= 11 is 6.15. The fourth-order valence-corrected chi connectivity index (χ4v) is 3.59. The van der Waals surface area contributed by atoms with Crippen molar-refractivity contribution in [2.24, 2.45) is 0 Å². The fraction of sp³-hybridized carbons (Fsp3) is 0.400. The number of nitrogens with one attached hydrogen (secondary N) is 2. The van der Waals surface area contributed by atoms with Crippen LogP contribution in [-0.4, -0.2) is 50.1 Å². The molecule has 29 heavy (non-hydrogen) atoms. The number of carbonyl (C=O) groups excluding carboxylic acids is 2. The van der Waals surface area contributed by atoms with Crippen molar-refractivity contribution in [1.29, 1.82) is 0 Å². The number of amides is 2. The maximum absolute atomic E-state index is 12.6. The van der Waals surface area contributed by atoms with Crippen LogP contribution in [0, 0.1) is 0 Å². The molecule has 1 atom stereocenters. The number of anilines is 1.